The van der Waals surface area contributed by atoms with E-state index in [0.29, 0.717) is 5.82 Å². The molecule has 0 aliphatic carbocycles. The molecular weight excluding hydrogens is 387 g/mol. The minimum atomic E-state index is -2.70. The lowest BCUT2D eigenvalue weighted by atomic mass is 10.0. The van der Waals surface area contributed by atoms with Crippen molar-refractivity contribution >= 4 is 22.5 Å². The summed E-state index contributed by atoms with van der Waals surface area (Å²) in [5.74, 6) is 0.0672. The first-order chi connectivity index (χ1) is 12.3. The predicted molar refractivity (Wildman–Crippen MR) is 104 cm³/mol. The van der Waals surface area contributed by atoms with Gasteiger partial charge >= 0.3 is 8.25 Å². The zero-order valence-corrected chi connectivity index (χ0v) is 18.7. The van der Waals surface area contributed by atoms with Crippen LogP contribution in [0.2, 0.25) is 18.1 Å². The highest BCUT2D eigenvalue weighted by Gasteiger charge is 2.51. The van der Waals surface area contributed by atoms with Crippen LogP contribution in [-0.4, -0.2) is 49.1 Å². The van der Waals surface area contributed by atoms with Crippen LogP contribution in [0, 0.1) is 5.92 Å². The summed E-state index contributed by atoms with van der Waals surface area (Å²) in [6, 6.07) is 0. The van der Waals surface area contributed by atoms with Crippen LogP contribution in [-0.2, 0) is 23.0 Å². The van der Waals surface area contributed by atoms with Gasteiger partial charge in [0.1, 0.15) is 12.4 Å². The Bertz CT molecular complexity index is 648. The second kappa shape index (κ2) is 8.11. The van der Waals surface area contributed by atoms with Crippen LogP contribution in [0.3, 0.4) is 0 Å². The number of nitrogens with zero attached hydrogens (tertiary/aromatic N) is 1. The minimum Gasteiger partial charge on any atom is -0.409 e. The van der Waals surface area contributed by atoms with Crippen LogP contribution >= 0.6 is 8.25 Å². The first-order valence-corrected chi connectivity index (χ1v) is 13.0. The van der Waals surface area contributed by atoms with E-state index in [4.69, 9.17) is 18.6 Å². The molecule has 0 spiro atoms. The van der Waals surface area contributed by atoms with Gasteiger partial charge in [-0.2, -0.15) is 0 Å². The zero-order valence-electron chi connectivity index (χ0n) is 16.8. The SMILES string of the molecule is C=C1NC(=O)C=CN1[C@@H]1O[C@H](CO[P+](=O)O)C(C)[C@@H]1O[Si](C)(C)C(C)(C)C. The van der Waals surface area contributed by atoms with Gasteiger partial charge in [0.2, 0.25) is 0 Å². The molecule has 0 bridgehead atoms. The summed E-state index contributed by atoms with van der Waals surface area (Å²) >= 11 is 0. The summed E-state index contributed by atoms with van der Waals surface area (Å²) in [6.07, 6.45) is 1.77. The van der Waals surface area contributed by atoms with Gasteiger partial charge < -0.3 is 19.4 Å². The monoisotopic (exact) mass is 417 g/mol. The number of ether oxygens (including phenoxy) is 1. The Morgan fingerprint density at radius 2 is 2.07 bits per heavy atom. The number of amides is 1. The van der Waals surface area contributed by atoms with Gasteiger partial charge in [-0.1, -0.05) is 34.3 Å². The molecule has 1 amide bonds. The summed E-state index contributed by atoms with van der Waals surface area (Å²) in [5.41, 5.74) is 0. The van der Waals surface area contributed by atoms with Crippen molar-refractivity contribution in [1.82, 2.24) is 10.2 Å². The fraction of sp³-hybridized carbons (Fsp3) is 0.706. The van der Waals surface area contributed by atoms with E-state index in [1.807, 2.05) is 6.92 Å². The molecule has 2 aliphatic rings. The zero-order chi connectivity index (χ0) is 20.6. The molecule has 0 aromatic heterocycles. The van der Waals surface area contributed by atoms with Crippen molar-refractivity contribution in [3.05, 3.63) is 24.7 Å². The number of hydrogen-bond acceptors (Lipinski definition) is 6. The highest BCUT2D eigenvalue weighted by atomic mass is 31.1. The third-order valence-electron chi connectivity index (χ3n) is 5.53. The molecule has 8 nitrogen and oxygen atoms in total. The largest absolute Gasteiger partial charge is 0.694 e. The van der Waals surface area contributed by atoms with Gasteiger partial charge in [0.05, 0.1) is 12.2 Å². The lowest BCUT2D eigenvalue weighted by Crippen LogP contribution is -2.52. The number of nitrogens with one attached hydrogen (secondary N) is 1. The Morgan fingerprint density at radius 1 is 1.44 bits per heavy atom. The third-order valence-corrected chi connectivity index (χ3v) is 10.4. The molecule has 0 aromatic carbocycles. The highest BCUT2D eigenvalue weighted by molar-refractivity contribution is 7.32. The molecule has 2 N–H and O–H groups in total. The fourth-order valence-electron chi connectivity index (χ4n) is 2.81. The van der Waals surface area contributed by atoms with Crippen LogP contribution in [0.5, 0.6) is 0 Å². The van der Waals surface area contributed by atoms with Crippen LogP contribution in [0.4, 0.5) is 0 Å². The van der Waals surface area contributed by atoms with Gasteiger partial charge in [0.15, 0.2) is 14.5 Å². The normalized spacial score (nSPS) is 29.9. The average molecular weight is 417 g/mol. The van der Waals surface area contributed by atoms with E-state index in [9.17, 15) is 9.36 Å². The number of carbonyl (C=O) groups excluding carboxylic acids is 1. The van der Waals surface area contributed by atoms with Crippen molar-refractivity contribution in [3.63, 3.8) is 0 Å². The Hall–Kier alpha value is -1.09. The standard InChI is InChI=1S/C17H29N2O6PSi/c1-11-13(10-23-26(21)22)24-16(19-9-8-14(20)18-12(19)2)15(11)25-27(6,7)17(3,4)5/h8-9,11,13,15-16H,2,10H2,1,3-7H3,(H-,18,20,21,22)/p+1/t11?,13-,15+,16-/m1/s1. The first kappa shape index (κ1) is 22.2. The highest BCUT2D eigenvalue weighted by Crippen LogP contribution is 2.42. The molecule has 1 saturated heterocycles. The van der Waals surface area contributed by atoms with E-state index >= 15 is 0 Å². The lowest BCUT2D eigenvalue weighted by Gasteiger charge is -2.42. The van der Waals surface area contributed by atoms with Crippen molar-refractivity contribution in [1.29, 1.82) is 0 Å². The number of carbonyl (C=O) groups is 1. The van der Waals surface area contributed by atoms with Gasteiger partial charge in [-0.15, -0.1) is 9.42 Å². The van der Waals surface area contributed by atoms with Crippen LogP contribution < -0.4 is 5.32 Å². The fourth-order valence-corrected chi connectivity index (χ4v) is 4.45. The second-order valence-electron chi connectivity index (χ2n) is 8.46. The van der Waals surface area contributed by atoms with Crippen molar-refractivity contribution in [2.45, 2.75) is 64.3 Å². The third kappa shape index (κ3) is 5.04. The molecule has 2 unspecified atom stereocenters. The van der Waals surface area contributed by atoms with Crippen molar-refractivity contribution in [2.24, 2.45) is 5.92 Å². The molecular formula is C17H30N2O6PSi+. The quantitative estimate of drug-likeness (QED) is 0.507. The van der Waals surface area contributed by atoms with Gasteiger partial charge in [-0.05, 0) is 18.1 Å². The molecule has 5 atom stereocenters. The lowest BCUT2D eigenvalue weighted by molar-refractivity contribution is -0.118. The molecule has 2 heterocycles. The van der Waals surface area contributed by atoms with Crippen LogP contribution in [0.25, 0.3) is 0 Å². The first-order valence-electron chi connectivity index (χ1n) is 8.92. The van der Waals surface area contributed by atoms with Crippen molar-refractivity contribution in [3.8, 4) is 0 Å². The van der Waals surface area contributed by atoms with Gasteiger partial charge in [0, 0.05) is 22.8 Å². The molecule has 0 aromatic rings. The molecule has 1 fully saturated rings. The maximum Gasteiger partial charge on any atom is 0.694 e. The van der Waals surface area contributed by atoms with Crippen LogP contribution in [0.15, 0.2) is 24.7 Å². The minimum absolute atomic E-state index is 0.00323. The summed E-state index contributed by atoms with van der Waals surface area (Å²) < 4.78 is 28.6. The molecule has 0 radical (unpaired) electrons. The Labute approximate surface area is 162 Å². The molecule has 10 heteroatoms. The predicted octanol–water partition coefficient (Wildman–Crippen LogP) is 2.82. The Kier molecular flexibility index (Phi) is 6.66. The molecule has 2 rings (SSSR count). The van der Waals surface area contributed by atoms with E-state index in [-0.39, 0.29) is 29.6 Å². The van der Waals surface area contributed by atoms with E-state index < -0.39 is 28.9 Å². The molecule has 27 heavy (non-hydrogen) atoms. The topological polar surface area (TPSA) is 97.3 Å². The van der Waals surface area contributed by atoms with Gasteiger partial charge in [-0.25, -0.2) is 0 Å². The molecule has 152 valence electrons. The number of rotatable bonds is 6. The van der Waals surface area contributed by atoms with Crippen molar-refractivity contribution in [2.75, 3.05) is 6.61 Å². The van der Waals surface area contributed by atoms with Gasteiger partial charge in [0.25, 0.3) is 5.91 Å². The van der Waals surface area contributed by atoms with E-state index in [0.717, 1.165) is 0 Å². The van der Waals surface area contributed by atoms with Crippen molar-refractivity contribution < 1.29 is 27.9 Å². The molecule has 2 aliphatic heterocycles. The van der Waals surface area contributed by atoms with Gasteiger partial charge in [-0.3, -0.25) is 4.79 Å². The summed E-state index contributed by atoms with van der Waals surface area (Å²) in [6.45, 7) is 16.7. The van der Waals surface area contributed by atoms with Crippen LogP contribution in [0.1, 0.15) is 27.7 Å². The average Bonchev–Trinajstić information content (AvgIpc) is 2.80. The van der Waals surface area contributed by atoms with E-state index in [1.165, 1.54) is 6.08 Å². The summed E-state index contributed by atoms with van der Waals surface area (Å²) in [7, 11) is -4.83. The maximum atomic E-state index is 11.6. The summed E-state index contributed by atoms with van der Waals surface area (Å²) in [5, 5.41) is 2.67. The smallest absolute Gasteiger partial charge is 0.409 e. The maximum absolute atomic E-state index is 11.6. The Balaban J connectivity index is 2.29. The second-order valence-corrected chi connectivity index (χ2v) is 13.9. The molecule has 0 saturated carbocycles. The summed E-state index contributed by atoms with van der Waals surface area (Å²) in [4.78, 5) is 22.2. The number of hydrogen-bond donors (Lipinski definition) is 2. The Morgan fingerprint density at radius 3 is 2.59 bits per heavy atom. The van der Waals surface area contributed by atoms with E-state index in [2.05, 4.69) is 45.8 Å². The van der Waals surface area contributed by atoms with E-state index in [1.54, 1.807) is 11.1 Å².